The van der Waals surface area contributed by atoms with E-state index in [1.54, 1.807) is 7.11 Å². The zero-order chi connectivity index (χ0) is 14.1. The molecule has 0 radical (unpaired) electrons. The average molecular weight is 283 g/mol. The van der Waals surface area contributed by atoms with Gasteiger partial charge < -0.3 is 15.2 Å². The zero-order valence-electron chi connectivity index (χ0n) is 12.1. The predicted octanol–water partition coefficient (Wildman–Crippen LogP) is 3.10. The fourth-order valence-corrected chi connectivity index (χ4v) is 2.71. The third kappa shape index (κ3) is 6.32. The predicted molar refractivity (Wildman–Crippen MR) is 82.9 cm³/mol. The maximum atomic E-state index is 6.25. The molecule has 1 unspecified atom stereocenters. The lowest BCUT2D eigenvalue weighted by atomic mass is 10.1. The highest BCUT2D eigenvalue weighted by Gasteiger charge is 2.12. The van der Waals surface area contributed by atoms with Gasteiger partial charge in [-0.2, -0.15) is 11.8 Å². The number of methoxy groups -OCH3 is 1. The van der Waals surface area contributed by atoms with Gasteiger partial charge in [0, 0.05) is 24.5 Å². The molecular formula is C15H25NO2S. The van der Waals surface area contributed by atoms with Crippen molar-refractivity contribution < 1.29 is 9.47 Å². The van der Waals surface area contributed by atoms with Gasteiger partial charge in [-0.15, -0.1) is 0 Å². The lowest BCUT2D eigenvalue weighted by Crippen LogP contribution is -2.16. The Morgan fingerprint density at radius 2 is 1.89 bits per heavy atom. The van der Waals surface area contributed by atoms with Gasteiger partial charge in [-0.05, 0) is 17.7 Å². The molecule has 1 aromatic rings. The maximum Gasteiger partial charge on any atom is 0.124 e. The molecular weight excluding hydrogens is 258 g/mol. The standard InChI is InChI=1S/C15H25NO2S/c1-12(2)10-19-11-14(16)13-6-4-5-7-15(13)18-9-8-17-3/h4-7,12,14H,8-11,16H2,1-3H3. The minimum atomic E-state index is 0.0162. The number of ether oxygens (including phenoxy) is 2. The molecule has 0 heterocycles. The van der Waals surface area contributed by atoms with Crippen molar-refractivity contribution in [3.05, 3.63) is 29.8 Å². The van der Waals surface area contributed by atoms with Crippen molar-refractivity contribution in [2.45, 2.75) is 19.9 Å². The Bertz CT molecular complexity index is 358. The molecule has 4 heteroatoms. The molecule has 0 aliphatic heterocycles. The Labute approximate surface area is 120 Å². The molecule has 1 aromatic carbocycles. The first kappa shape index (κ1) is 16.3. The van der Waals surface area contributed by atoms with E-state index in [0.29, 0.717) is 19.1 Å². The second-order valence-corrected chi connectivity index (χ2v) is 5.99. The Morgan fingerprint density at radius 3 is 2.58 bits per heavy atom. The third-order valence-corrected chi connectivity index (χ3v) is 4.11. The molecule has 0 aliphatic carbocycles. The molecule has 0 saturated heterocycles. The van der Waals surface area contributed by atoms with Gasteiger partial charge in [0.05, 0.1) is 6.61 Å². The summed E-state index contributed by atoms with van der Waals surface area (Å²) in [5.41, 5.74) is 7.33. The number of nitrogens with two attached hydrogens (primary N) is 1. The molecule has 3 nitrogen and oxygen atoms in total. The molecule has 0 saturated carbocycles. The smallest absolute Gasteiger partial charge is 0.124 e. The van der Waals surface area contributed by atoms with Crippen molar-refractivity contribution in [1.82, 2.24) is 0 Å². The van der Waals surface area contributed by atoms with Crippen LogP contribution in [0.25, 0.3) is 0 Å². The van der Waals surface area contributed by atoms with Crippen LogP contribution in [-0.2, 0) is 4.74 Å². The minimum Gasteiger partial charge on any atom is -0.491 e. The summed E-state index contributed by atoms with van der Waals surface area (Å²) in [6.07, 6.45) is 0. The highest BCUT2D eigenvalue weighted by atomic mass is 32.2. The first-order valence-electron chi connectivity index (χ1n) is 6.69. The molecule has 108 valence electrons. The normalized spacial score (nSPS) is 12.7. The van der Waals surface area contributed by atoms with Gasteiger partial charge in [-0.1, -0.05) is 32.0 Å². The summed E-state index contributed by atoms with van der Waals surface area (Å²) in [5, 5.41) is 0. The lowest BCUT2D eigenvalue weighted by molar-refractivity contribution is 0.145. The summed E-state index contributed by atoms with van der Waals surface area (Å²) in [5.74, 6) is 3.63. The molecule has 0 bridgehead atoms. The maximum absolute atomic E-state index is 6.25. The first-order chi connectivity index (χ1) is 9.15. The van der Waals surface area contributed by atoms with Crippen molar-refractivity contribution in [3.63, 3.8) is 0 Å². The largest absolute Gasteiger partial charge is 0.491 e. The number of hydrogen-bond acceptors (Lipinski definition) is 4. The van der Waals surface area contributed by atoms with Crippen molar-refractivity contribution in [2.75, 3.05) is 31.8 Å². The summed E-state index contributed by atoms with van der Waals surface area (Å²) in [6, 6.07) is 8.01. The summed E-state index contributed by atoms with van der Waals surface area (Å²) in [7, 11) is 1.67. The van der Waals surface area contributed by atoms with E-state index in [-0.39, 0.29) is 6.04 Å². The molecule has 0 aromatic heterocycles. The highest BCUT2D eigenvalue weighted by Crippen LogP contribution is 2.26. The van der Waals surface area contributed by atoms with Crippen LogP contribution in [0.5, 0.6) is 5.75 Å². The molecule has 1 atom stereocenters. The quantitative estimate of drug-likeness (QED) is 0.707. The van der Waals surface area contributed by atoms with Crippen molar-refractivity contribution >= 4 is 11.8 Å². The topological polar surface area (TPSA) is 44.5 Å². The number of thioether (sulfide) groups is 1. The van der Waals surface area contributed by atoms with Crippen LogP contribution in [0, 0.1) is 5.92 Å². The lowest BCUT2D eigenvalue weighted by Gasteiger charge is -2.17. The van der Waals surface area contributed by atoms with Gasteiger partial charge in [0.1, 0.15) is 12.4 Å². The van der Waals surface area contributed by atoms with E-state index in [0.717, 1.165) is 22.8 Å². The SMILES string of the molecule is COCCOc1ccccc1C(N)CSCC(C)C. The third-order valence-electron chi connectivity index (χ3n) is 2.61. The van der Waals surface area contributed by atoms with Crippen molar-refractivity contribution in [2.24, 2.45) is 11.7 Å². The number of rotatable bonds is 9. The number of benzene rings is 1. The van der Waals surface area contributed by atoms with Gasteiger partial charge in [0.2, 0.25) is 0 Å². The van der Waals surface area contributed by atoms with Crippen LogP contribution in [0.2, 0.25) is 0 Å². The fourth-order valence-electron chi connectivity index (χ4n) is 1.67. The summed E-state index contributed by atoms with van der Waals surface area (Å²) in [6.45, 7) is 5.59. The number of hydrogen-bond donors (Lipinski definition) is 1. The zero-order valence-corrected chi connectivity index (χ0v) is 12.9. The van der Waals surface area contributed by atoms with E-state index >= 15 is 0 Å². The van der Waals surface area contributed by atoms with Gasteiger partial charge in [0.15, 0.2) is 0 Å². The van der Waals surface area contributed by atoms with Crippen LogP contribution < -0.4 is 10.5 Å². The van der Waals surface area contributed by atoms with E-state index in [4.69, 9.17) is 15.2 Å². The molecule has 0 aliphatic rings. The highest BCUT2D eigenvalue weighted by molar-refractivity contribution is 7.99. The van der Waals surface area contributed by atoms with Crippen molar-refractivity contribution in [3.8, 4) is 5.75 Å². The molecule has 2 N–H and O–H groups in total. The Balaban J connectivity index is 2.54. The van der Waals surface area contributed by atoms with Crippen LogP contribution in [-0.4, -0.2) is 31.8 Å². The second kappa shape index (κ2) is 9.23. The fraction of sp³-hybridized carbons (Fsp3) is 0.600. The summed E-state index contributed by atoms with van der Waals surface area (Å²) >= 11 is 1.90. The Morgan fingerprint density at radius 1 is 1.16 bits per heavy atom. The van der Waals surface area contributed by atoms with E-state index in [9.17, 15) is 0 Å². The minimum absolute atomic E-state index is 0.0162. The summed E-state index contributed by atoms with van der Waals surface area (Å²) in [4.78, 5) is 0. The van der Waals surface area contributed by atoms with Crippen LogP contribution in [0.3, 0.4) is 0 Å². The van der Waals surface area contributed by atoms with Crippen LogP contribution >= 0.6 is 11.8 Å². The molecule has 0 amide bonds. The second-order valence-electron chi connectivity index (χ2n) is 4.92. The van der Waals surface area contributed by atoms with Gasteiger partial charge in [-0.25, -0.2) is 0 Å². The first-order valence-corrected chi connectivity index (χ1v) is 7.84. The number of para-hydroxylation sites is 1. The molecule has 19 heavy (non-hydrogen) atoms. The van der Waals surface area contributed by atoms with E-state index in [1.165, 1.54) is 0 Å². The van der Waals surface area contributed by atoms with E-state index in [1.807, 2.05) is 36.0 Å². The van der Waals surface area contributed by atoms with Crippen LogP contribution in [0.15, 0.2) is 24.3 Å². The summed E-state index contributed by atoms with van der Waals surface area (Å²) < 4.78 is 10.7. The molecule has 0 spiro atoms. The van der Waals surface area contributed by atoms with Gasteiger partial charge in [-0.3, -0.25) is 0 Å². The van der Waals surface area contributed by atoms with Crippen LogP contribution in [0.1, 0.15) is 25.5 Å². The van der Waals surface area contributed by atoms with Gasteiger partial charge in [0.25, 0.3) is 0 Å². The average Bonchev–Trinajstić information content (AvgIpc) is 2.39. The van der Waals surface area contributed by atoms with Crippen molar-refractivity contribution in [1.29, 1.82) is 0 Å². The van der Waals surface area contributed by atoms with Gasteiger partial charge >= 0.3 is 0 Å². The van der Waals surface area contributed by atoms with E-state index in [2.05, 4.69) is 13.8 Å². The molecule has 1 rings (SSSR count). The Kier molecular flexibility index (Phi) is 7.94. The van der Waals surface area contributed by atoms with E-state index < -0.39 is 0 Å². The molecule has 0 fully saturated rings. The monoisotopic (exact) mass is 283 g/mol. The Hall–Kier alpha value is -0.710. The van der Waals surface area contributed by atoms with Crippen LogP contribution in [0.4, 0.5) is 0 Å².